The molecular formula is C23H24N6O3S. The SMILES string of the molecule is Cc1ccc(-n2cnnc2SCC(=O)NCc2ccc(C(=O)N3CCNC(=O)C3)cc2)cc1. The van der Waals surface area contributed by atoms with E-state index in [4.69, 9.17) is 0 Å². The number of benzene rings is 2. The fourth-order valence-electron chi connectivity index (χ4n) is 3.35. The summed E-state index contributed by atoms with van der Waals surface area (Å²) in [5.74, 6) is -0.241. The van der Waals surface area contributed by atoms with E-state index >= 15 is 0 Å². The van der Waals surface area contributed by atoms with Crippen LogP contribution in [0.3, 0.4) is 0 Å². The predicted octanol–water partition coefficient (Wildman–Crippen LogP) is 1.56. The van der Waals surface area contributed by atoms with E-state index in [1.165, 1.54) is 16.7 Å². The van der Waals surface area contributed by atoms with Crippen molar-refractivity contribution in [2.45, 2.75) is 18.6 Å². The van der Waals surface area contributed by atoms with E-state index in [1.54, 1.807) is 30.6 Å². The number of hydrogen-bond donors (Lipinski definition) is 2. The summed E-state index contributed by atoms with van der Waals surface area (Å²) >= 11 is 1.31. The van der Waals surface area contributed by atoms with Crippen molar-refractivity contribution < 1.29 is 14.4 Å². The summed E-state index contributed by atoms with van der Waals surface area (Å²) in [6.07, 6.45) is 1.63. The van der Waals surface area contributed by atoms with Gasteiger partial charge in [-0.2, -0.15) is 0 Å². The van der Waals surface area contributed by atoms with Crippen molar-refractivity contribution in [2.24, 2.45) is 0 Å². The van der Waals surface area contributed by atoms with Crippen LogP contribution in [0.2, 0.25) is 0 Å². The number of carbonyl (C=O) groups is 3. The van der Waals surface area contributed by atoms with Crippen LogP contribution in [0.4, 0.5) is 0 Å². The summed E-state index contributed by atoms with van der Waals surface area (Å²) in [4.78, 5) is 37.9. The molecule has 0 radical (unpaired) electrons. The highest BCUT2D eigenvalue weighted by Crippen LogP contribution is 2.19. The van der Waals surface area contributed by atoms with Crippen LogP contribution in [0.5, 0.6) is 0 Å². The second-order valence-corrected chi connectivity index (χ2v) is 8.60. The number of carbonyl (C=O) groups excluding carboxylic acids is 3. The number of aromatic nitrogens is 3. The largest absolute Gasteiger partial charge is 0.353 e. The van der Waals surface area contributed by atoms with Gasteiger partial charge in [-0.3, -0.25) is 19.0 Å². The summed E-state index contributed by atoms with van der Waals surface area (Å²) in [5, 5.41) is 14.3. The number of nitrogens with one attached hydrogen (secondary N) is 2. The Morgan fingerprint density at radius 3 is 2.61 bits per heavy atom. The first-order valence-electron chi connectivity index (χ1n) is 10.5. The lowest BCUT2D eigenvalue weighted by Crippen LogP contribution is -2.49. The van der Waals surface area contributed by atoms with Crippen molar-refractivity contribution in [3.05, 3.63) is 71.5 Å². The van der Waals surface area contributed by atoms with Gasteiger partial charge in [0.1, 0.15) is 6.33 Å². The number of nitrogens with zero attached hydrogens (tertiary/aromatic N) is 4. The van der Waals surface area contributed by atoms with Gasteiger partial charge in [0.15, 0.2) is 5.16 Å². The zero-order valence-corrected chi connectivity index (χ0v) is 19.0. The van der Waals surface area contributed by atoms with Gasteiger partial charge in [-0.15, -0.1) is 10.2 Å². The average Bonchev–Trinajstić information content (AvgIpc) is 3.30. The molecule has 0 unspecified atom stereocenters. The molecule has 0 atom stereocenters. The number of rotatable bonds is 7. The Balaban J connectivity index is 1.27. The summed E-state index contributed by atoms with van der Waals surface area (Å²) in [6.45, 7) is 3.41. The highest BCUT2D eigenvalue weighted by Gasteiger charge is 2.22. The molecule has 1 aliphatic rings. The van der Waals surface area contributed by atoms with Gasteiger partial charge in [0.05, 0.1) is 12.3 Å². The molecule has 3 amide bonds. The highest BCUT2D eigenvalue weighted by atomic mass is 32.2. The smallest absolute Gasteiger partial charge is 0.254 e. The molecule has 2 aromatic carbocycles. The monoisotopic (exact) mass is 464 g/mol. The van der Waals surface area contributed by atoms with Crippen molar-refractivity contribution in [2.75, 3.05) is 25.4 Å². The molecule has 10 heteroatoms. The van der Waals surface area contributed by atoms with Gasteiger partial charge in [0, 0.05) is 30.9 Å². The van der Waals surface area contributed by atoms with E-state index in [1.807, 2.05) is 35.8 Å². The lowest BCUT2D eigenvalue weighted by molar-refractivity contribution is -0.123. The molecule has 9 nitrogen and oxygen atoms in total. The Hall–Kier alpha value is -3.66. The highest BCUT2D eigenvalue weighted by molar-refractivity contribution is 7.99. The lowest BCUT2D eigenvalue weighted by atomic mass is 10.1. The van der Waals surface area contributed by atoms with Gasteiger partial charge in [0.25, 0.3) is 5.91 Å². The van der Waals surface area contributed by atoms with E-state index in [0.29, 0.717) is 30.4 Å². The molecule has 1 aromatic heterocycles. The first-order valence-corrected chi connectivity index (χ1v) is 11.5. The van der Waals surface area contributed by atoms with Gasteiger partial charge in [-0.1, -0.05) is 41.6 Å². The summed E-state index contributed by atoms with van der Waals surface area (Å²) in [5.41, 5.74) is 3.50. The van der Waals surface area contributed by atoms with Crippen molar-refractivity contribution in [3.63, 3.8) is 0 Å². The molecule has 4 rings (SSSR count). The molecule has 1 saturated heterocycles. The van der Waals surface area contributed by atoms with E-state index in [-0.39, 0.29) is 30.0 Å². The summed E-state index contributed by atoms with van der Waals surface area (Å²) in [7, 11) is 0. The zero-order chi connectivity index (χ0) is 23.2. The third-order valence-corrected chi connectivity index (χ3v) is 6.12. The van der Waals surface area contributed by atoms with Crippen LogP contribution in [-0.2, 0) is 16.1 Å². The molecule has 170 valence electrons. The second kappa shape index (κ2) is 10.3. The van der Waals surface area contributed by atoms with E-state index in [0.717, 1.165) is 16.8 Å². The van der Waals surface area contributed by atoms with E-state index in [9.17, 15) is 14.4 Å². The summed E-state index contributed by atoms with van der Waals surface area (Å²) < 4.78 is 1.85. The Kier molecular flexibility index (Phi) is 7.04. The molecule has 2 N–H and O–H groups in total. The molecule has 0 bridgehead atoms. The molecule has 0 aliphatic carbocycles. The van der Waals surface area contributed by atoms with Gasteiger partial charge in [0.2, 0.25) is 11.8 Å². The van der Waals surface area contributed by atoms with Crippen LogP contribution in [0, 0.1) is 6.92 Å². The van der Waals surface area contributed by atoms with Crippen molar-refractivity contribution in [1.82, 2.24) is 30.3 Å². The van der Waals surface area contributed by atoms with E-state index in [2.05, 4.69) is 20.8 Å². The molecule has 33 heavy (non-hydrogen) atoms. The fraction of sp³-hybridized carbons (Fsp3) is 0.261. The molecule has 3 aromatic rings. The molecule has 0 saturated carbocycles. The average molecular weight is 465 g/mol. The maximum absolute atomic E-state index is 12.5. The molecular weight excluding hydrogens is 440 g/mol. The number of amides is 3. The Morgan fingerprint density at radius 1 is 1.12 bits per heavy atom. The first-order chi connectivity index (χ1) is 16.0. The number of piperazine rings is 1. The van der Waals surface area contributed by atoms with Crippen molar-refractivity contribution in [1.29, 1.82) is 0 Å². The maximum Gasteiger partial charge on any atom is 0.254 e. The van der Waals surface area contributed by atoms with Crippen molar-refractivity contribution >= 4 is 29.5 Å². The van der Waals surface area contributed by atoms with Gasteiger partial charge >= 0.3 is 0 Å². The second-order valence-electron chi connectivity index (χ2n) is 7.66. The Labute approximate surface area is 195 Å². The third kappa shape index (κ3) is 5.78. The fourth-order valence-corrected chi connectivity index (χ4v) is 4.11. The quantitative estimate of drug-likeness (QED) is 0.514. The Morgan fingerprint density at radius 2 is 1.88 bits per heavy atom. The van der Waals surface area contributed by atoms with Crippen LogP contribution in [0.25, 0.3) is 5.69 Å². The molecule has 1 fully saturated rings. The van der Waals surface area contributed by atoms with Crippen LogP contribution in [0.1, 0.15) is 21.5 Å². The standard InChI is InChI=1S/C23H24N6O3S/c1-16-2-8-19(9-3-16)29-15-26-27-23(29)33-14-21(31)25-12-17-4-6-18(7-5-17)22(32)28-11-10-24-20(30)13-28/h2-9,15H,10-14H2,1H3,(H,24,30)(H,25,31). The minimum atomic E-state index is -0.172. The van der Waals surface area contributed by atoms with Crippen LogP contribution < -0.4 is 10.6 Å². The third-order valence-electron chi connectivity index (χ3n) is 5.18. The molecule has 1 aliphatic heterocycles. The van der Waals surface area contributed by atoms with Gasteiger partial charge < -0.3 is 15.5 Å². The predicted molar refractivity (Wildman–Crippen MR) is 124 cm³/mol. The van der Waals surface area contributed by atoms with Crippen LogP contribution >= 0.6 is 11.8 Å². The Bertz CT molecular complexity index is 1140. The minimum absolute atomic E-state index is 0.0754. The number of hydrogen-bond acceptors (Lipinski definition) is 6. The lowest BCUT2D eigenvalue weighted by Gasteiger charge is -2.26. The minimum Gasteiger partial charge on any atom is -0.353 e. The van der Waals surface area contributed by atoms with Crippen molar-refractivity contribution in [3.8, 4) is 5.69 Å². The first kappa shape index (κ1) is 22.5. The van der Waals surface area contributed by atoms with Crippen LogP contribution in [0.15, 0.2) is 60.0 Å². The topological polar surface area (TPSA) is 109 Å². The summed E-state index contributed by atoms with van der Waals surface area (Å²) in [6, 6.07) is 15.0. The van der Waals surface area contributed by atoms with Crippen LogP contribution in [-0.4, -0.2) is 62.8 Å². The molecule has 2 heterocycles. The molecule has 0 spiro atoms. The maximum atomic E-state index is 12.5. The van der Waals surface area contributed by atoms with E-state index < -0.39 is 0 Å². The normalized spacial score (nSPS) is 13.5. The number of aryl methyl sites for hydroxylation is 1. The van der Waals surface area contributed by atoms with Gasteiger partial charge in [-0.25, -0.2) is 0 Å². The number of thioether (sulfide) groups is 1. The zero-order valence-electron chi connectivity index (χ0n) is 18.2. The van der Waals surface area contributed by atoms with Gasteiger partial charge in [-0.05, 0) is 36.8 Å².